The van der Waals surface area contributed by atoms with Crippen molar-refractivity contribution in [1.29, 1.82) is 0 Å². The minimum absolute atomic E-state index is 0.0772. The lowest BCUT2D eigenvalue weighted by Crippen LogP contribution is -2.27. The zero-order valence-corrected chi connectivity index (χ0v) is 19.6. The summed E-state index contributed by atoms with van der Waals surface area (Å²) < 4.78 is 16.2. The second kappa shape index (κ2) is 10.5. The number of ether oxygens (including phenoxy) is 3. The number of rotatable bonds is 8. The first kappa shape index (κ1) is 24.2. The number of nitro groups is 1. The van der Waals surface area contributed by atoms with Crippen LogP contribution in [-0.2, 0) is 14.3 Å². The largest absolute Gasteiger partial charge is 0.493 e. The van der Waals surface area contributed by atoms with Crippen LogP contribution in [0.15, 0.2) is 47.4 Å². The molecule has 1 aliphatic heterocycles. The third kappa shape index (κ3) is 5.88. The van der Waals surface area contributed by atoms with Gasteiger partial charge in [-0.05, 0) is 49.8 Å². The molecule has 9 nitrogen and oxygen atoms in total. The number of nitrogens with zero attached hydrogens (tertiary/aromatic N) is 2. The Hall–Kier alpha value is -3.44. The topological polar surface area (TPSA) is 108 Å². The molecular weight excluding hydrogens is 468 g/mol. The molecule has 1 fully saturated rings. The van der Waals surface area contributed by atoms with Crippen LogP contribution < -0.4 is 14.4 Å². The van der Waals surface area contributed by atoms with Crippen molar-refractivity contribution in [3.05, 3.63) is 63.0 Å². The number of anilines is 1. The summed E-state index contributed by atoms with van der Waals surface area (Å²) in [6.07, 6.45) is 1.42. The van der Waals surface area contributed by atoms with Gasteiger partial charge in [0.15, 0.2) is 22.4 Å². The van der Waals surface area contributed by atoms with Crippen LogP contribution in [0.5, 0.6) is 11.5 Å². The van der Waals surface area contributed by atoms with Gasteiger partial charge in [0.2, 0.25) is 0 Å². The first-order valence-corrected chi connectivity index (χ1v) is 10.9. The summed E-state index contributed by atoms with van der Waals surface area (Å²) >= 11 is 6.46. The Morgan fingerprint density at radius 1 is 1.21 bits per heavy atom. The van der Waals surface area contributed by atoms with Crippen molar-refractivity contribution >= 4 is 57.6 Å². The molecule has 0 unspecified atom stereocenters. The molecule has 2 aromatic rings. The van der Waals surface area contributed by atoms with Crippen molar-refractivity contribution in [2.24, 2.45) is 0 Å². The number of nitro benzene ring substituents is 1. The number of thioether (sulfide) groups is 1. The highest BCUT2D eigenvalue weighted by molar-refractivity contribution is 8.27. The predicted molar refractivity (Wildman–Crippen MR) is 128 cm³/mol. The first-order valence-electron chi connectivity index (χ1n) is 9.72. The van der Waals surface area contributed by atoms with Crippen molar-refractivity contribution in [3.63, 3.8) is 0 Å². The number of methoxy groups -OCH3 is 1. The average molecular weight is 489 g/mol. The lowest BCUT2D eigenvalue weighted by atomic mass is 10.1. The SMILES string of the molecule is COc1cc(/C=C2/SC(=S)N(c3ccc([N+](=O)[O-])cc3)C2=O)ccc1OCC(=O)OC(C)C. The zero-order chi connectivity index (χ0) is 24.1. The zero-order valence-electron chi connectivity index (χ0n) is 18.0. The highest BCUT2D eigenvalue weighted by atomic mass is 32.2. The number of esters is 1. The Morgan fingerprint density at radius 2 is 1.91 bits per heavy atom. The number of carbonyl (C=O) groups is 2. The maximum atomic E-state index is 12.9. The Balaban J connectivity index is 1.77. The highest BCUT2D eigenvalue weighted by Gasteiger charge is 2.33. The maximum absolute atomic E-state index is 12.9. The summed E-state index contributed by atoms with van der Waals surface area (Å²) in [6.45, 7) is 3.23. The molecule has 0 radical (unpaired) electrons. The number of carbonyl (C=O) groups excluding carboxylic acids is 2. The fourth-order valence-corrected chi connectivity index (χ4v) is 4.19. The summed E-state index contributed by atoms with van der Waals surface area (Å²) in [4.78, 5) is 36.7. The van der Waals surface area contributed by atoms with E-state index in [2.05, 4.69) is 0 Å². The van der Waals surface area contributed by atoms with Gasteiger partial charge in [-0.1, -0.05) is 30.0 Å². The van der Waals surface area contributed by atoms with E-state index in [1.165, 1.54) is 36.3 Å². The lowest BCUT2D eigenvalue weighted by molar-refractivity contribution is -0.384. The summed E-state index contributed by atoms with van der Waals surface area (Å²) in [5.74, 6) is -0.0960. The molecule has 3 rings (SSSR count). The van der Waals surface area contributed by atoms with Gasteiger partial charge in [0.25, 0.3) is 11.6 Å². The van der Waals surface area contributed by atoms with E-state index in [4.69, 9.17) is 26.4 Å². The molecule has 1 aliphatic rings. The molecule has 172 valence electrons. The third-order valence-electron chi connectivity index (χ3n) is 4.31. The van der Waals surface area contributed by atoms with E-state index < -0.39 is 10.9 Å². The van der Waals surface area contributed by atoms with Gasteiger partial charge in [-0.2, -0.15) is 0 Å². The van der Waals surface area contributed by atoms with Gasteiger partial charge >= 0.3 is 5.97 Å². The van der Waals surface area contributed by atoms with Gasteiger partial charge in [-0.3, -0.25) is 19.8 Å². The number of hydrogen-bond donors (Lipinski definition) is 0. The van der Waals surface area contributed by atoms with Gasteiger partial charge in [-0.25, -0.2) is 4.79 Å². The van der Waals surface area contributed by atoms with Gasteiger partial charge in [-0.15, -0.1) is 0 Å². The summed E-state index contributed by atoms with van der Waals surface area (Å²) in [6, 6.07) is 10.6. The summed E-state index contributed by atoms with van der Waals surface area (Å²) in [5, 5.41) is 10.9. The fraction of sp³-hybridized carbons (Fsp3) is 0.227. The standard InChI is InChI=1S/C22H20N2O7S2/c1-13(2)31-20(25)12-30-17-9-4-14(10-18(17)29-3)11-19-21(26)23(22(32)33-19)15-5-7-16(8-6-15)24(27)28/h4-11,13H,12H2,1-3H3/b19-11+. The molecule has 0 aromatic heterocycles. The Bertz CT molecular complexity index is 1130. The minimum atomic E-state index is -0.512. The smallest absolute Gasteiger partial charge is 0.344 e. The number of hydrogen-bond acceptors (Lipinski definition) is 9. The molecule has 0 N–H and O–H groups in total. The molecule has 0 spiro atoms. The van der Waals surface area contributed by atoms with Gasteiger partial charge in [0.05, 0.1) is 28.7 Å². The second-order valence-corrected chi connectivity index (χ2v) is 8.70. The van der Waals surface area contributed by atoms with Crippen LogP contribution in [0, 0.1) is 10.1 Å². The summed E-state index contributed by atoms with van der Waals surface area (Å²) in [7, 11) is 1.46. The lowest BCUT2D eigenvalue weighted by Gasteiger charge is -2.14. The Kier molecular flexibility index (Phi) is 7.67. The Labute approximate surface area is 199 Å². The van der Waals surface area contributed by atoms with E-state index in [0.717, 1.165) is 11.8 Å². The second-order valence-electron chi connectivity index (χ2n) is 7.03. The molecule has 2 aromatic carbocycles. The number of non-ortho nitro benzene ring substituents is 1. The maximum Gasteiger partial charge on any atom is 0.344 e. The van der Waals surface area contributed by atoms with E-state index in [-0.39, 0.29) is 24.3 Å². The first-order chi connectivity index (χ1) is 15.7. The van der Waals surface area contributed by atoms with E-state index >= 15 is 0 Å². The molecule has 0 bridgehead atoms. The predicted octanol–water partition coefficient (Wildman–Crippen LogP) is 4.34. The molecular formula is C22H20N2O7S2. The van der Waals surface area contributed by atoms with Gasteiger partial charge in [0, 0.05) is 12.1 Å². The third-order valence-corrected chi connectivity index (χ3v) is 5.61. The fourth-order valence-electron chi connectivity index (χ4n) is 2.89. The van der Waals surface area contributed by atoms with Crippen molar-refractivity contribution in [3.8, 4) is 11.5 Å². The molecule has 0 atom stereocenters. The quantitative estimate of drug-likeness (QED) is 0.176. The van der Waals surface area contributed by atoms with Crippen LogP contribution in [-0.4, -0.2) is 40.9 Å². The molecule has 11 heteroatoms. The normalized spacial score (nSPS) is 14.7. The minimum Gasteiger partial charge on any atom is -0.493 e. The monoisotopic (exact) mass is 488 g/mol. The van der Waals surface area contributed by atoms with Crippen LogP contribution in [0.4, 0.5) is 11.4 Å². The number of amides is 1. The van der Waals surface area contributed by atoms with E-state index in [9.17, 15) is 19.7 Å². The van der Waals surface area contributed by atoms with E-state index in [1.807, 2.05) is 0 Å². The van der Waals surface area contributed by atoms with E-state index in [0.29, 0.717) is 32.0 Å². The van der Waals surface area contributed by atoms with Crippen LogP contribution in [0.1, 0.15) is 19.4 Å². The van der Waals surface area contributed by atoms with Crippen LogP contribution in [0.3, 0.4) is 0 Å². The van der Waals surface area contributed by atoms with Crippen molar-refractivity contribution in [2.45, 2.75) is 20.0 Å². The summed E-state index contributed by atoms with van der Waals surface area (Å²) in [5.41, 5.74) is 1.03. The number of benzene rings is 2. The van der Waals surface area contributed by atoms with Crippen LogP contribution >= 0.6 is 24.0 Å². The van der Waals surface area contributed by atoms with E-state index in [1.54, 1.807) is 38.1 Å². The molecule has 1 saturated heterocycles. The molecule has 0 aliphatic carbocycles. The molecule has 33 heavy (non-hydrogen) atoms. The van der Waals surface area contributed by atoms with Crippen molar-refractivity contribution < 1.29 is 28.7 Å². The number of thiocarbonyl (C=S) groups is 1. The Morgan fingerprint density at radius 3 is 2.52 bits per heavy atom. The average Bonchev–Trinajstić information content (AvgIpc) is 3.04. The van der Waals surface area contributed by atoms with Crippen LogP contribution in [0.25, 0.3) is 6.08 Å². The molecule has 1 heterocycles. The van der Waals surface area contributed by atoms with Crippen LogP contribution in [0.2, 0.25) is 0 Å². The van der Waals surface area contributed by atoms with Gasteiger partial charge in [0.1, 0.15) is 0 Å². The van der Waals surface area contributed by atoms with Crippen molar-refractivity contribution in [2.75, 3.05) is 18.6 Å². The highest BCUT2D eigenvalue weighted by Crippen LogP contribution is 2.37. The van der Waals surface area contributed by atoms with Gasteiger partial charge < -0.3 is 14.2 Å². The van der Waals surface area contributed by atoms with Crippen molar-refractivity contribution in [1.82, 2.24) is 0 Å². The molecule has 0 saturated carbocycles. The molecule has 1 amide bonds.